The van der Waals surface area contributed by atoms with Gasteiger partial charge >= 0.3 is 107 Å². The zero-order chi connectivity index (χ0) is 4.50. The molecule has 0 bridgehead atoms. The van der Waals surface area contributed by atoms with Gasteiger partial charge in [-0.15, -0.1) is 0 Å². The fourth-order valence-corrected chi connectivity index (χ4v) is 0. The summed E-state index contributed by atoms with van der Waals surface area (Å²) in [5.41, 5.74) is 0. The molecule has 0 amide bonds. The van der Waals surface area contributed by atoms with Crippen LogP contribution in [-0.2, 0) is 4.57 Å². The molecule has 0 aromatic rings. The molecule has 0 atom stereocenters. The van der Waals surface area contributed by atoms with Crippen molar-refractivity contribution in [3.05, 3.63) is 0 Å². The number of quaternary nitrogens is 1. The molecule has 8 heteroatoms. The van der Waals surface area contributed by atoms with Crippen LogP contribution in [0.2, 0.25) is 0 Å². The van der Waals surface area contributed by atoms with Crippen molar-refractivity contribution in [1.29, 1.82) is 0 Å². The standard InChI is InChI=1S/2K.H3N.H3O4P/c;;;1-5(2,3)4/h;;1H3;(H3,1,2,3,4)/q2*+1;;/p+1. The summed E-state index contributed by atoms with van der Waals surface area (Å²) >= 11 is 0. The average Bonchev–Trinajstić information content (AvgIpc) is 0.722. The van der Waals surface area contributed by atoms with Gasteiger partial charge in [-0.1, -0.05) is 0 Å². The molecule has 0 radical (unpaired) electrons. The predicted molar refractivity (Wildman–Crippen MR) is 16.9 cm³/mol. The van der Waals surface area contributed by atoms with Gasteiger partial charge in [-0.05, 0) is 0 Å². The first-order chi connectivity index (χ1) is 2.00. The largest absolute Gasteiger partial charge is 1.00 e. The van der Waals surface area contributed by atoms with Gasteiger partial charge in [0.15, 0.2) is 0 Å². The van der Waals surface area contributed by atoms with E-state index in [1.165, 1.54) is 0 Å². The second-order valence-electron chi connectivity index (χ2n) is 0.447. The van der Waals surface area contributed by atoms with E-state index in [9.17, 15) is 0 Å². The van der Waals surface area contributed by atoms with Gasteiger partial charge in [0, 0.05) is 0 Å². The van der Waals surface area contributed by atoms with Gasteiger partial charge in [0.2, 0.25) is 0 Å². The normalized spacial score (nSPS) is 7.38. The Morgan fingerprint density at radius 2 is 1.12 bits per heavy atom. The van der Waals surface area contributed by atoms with Crippen molar-refractivity contribution in [2.45, 2.75) is 0 Å². The number of phosphoric acid groups is 1. The maximum Gasteiger partial charge on any atom is 1.00 e. The van der Waals surface area contributed by atoms with Gasteiger partial charge in [0.1, 0.15) is 0 Å². The second kappa shape index (κ2) is 10.3. The van der Waals surface area contributed by atoms with Crippen molar-refractivity contribution in [1.82, 2.24) is 6.15 Å². The summed E-state index contributed by atoms with van der Waals surface area (Å²) in [6, 6.07) is 0. The van der Waals surface area contributed by atoms with Crippen LogP contribution in [0.3, 0.4) is 0 Å². The quantitative estimate of drug-likeness (QED) is 0.304. The summed E-state index contributed by atoms with van der Waals surface area (Å²) < 4.78 is 8.55. The van der Waals surface area contributed by atoms with E-state index in [1.807, 2.05) is 0 Å². The van der Waals surface area contributed by atoms with Gasteiger partial charge in [-0.2, -0.15) is 7.82 Å². The molecular weight excluding hydrogens is 187 g/mol. The van der Waals surface area contributed by atoms with E-state index in [2.05, 4.69) is 0 Å². The molecule has 0 saturated carbocycles. The summed E-state index contributed by atoms with van der Waals surface area (Å²) in [6.45, 7) is 0. The average molecular weight is 194 g/mol. The van der Waals surface area contributed by atoms with E-state index in [0.717, 1.165) is 0 Å². The molecule has 0 heterocycles. The first-order valence-electron chi connectivity index (χ1n) is 0.730. The van der Waals surface area contributed by atoms with E-state index >= 15 is 0 Å². The Kier molecular flexibility index (Phi) is 29.1. The maximum atomic E-state index is 8.55. The van der Waals surface area contributed by atoms with E-state index in [-0.39, 0.29) is 113 Å². The van der Waals surface area contributed by atoms with Crippen LogP contribution in [0.4, 0.5) is 0 Å². The Morgan fingerprint density at radius 3 is 1.12 bits per heavy atom. The molecule has 0 aliphatic carbocycles. The third-order valence-corrected chi connectivity index (χ3v) is 0. The smallest absolute Gasteiger partial charge is 0.822 e. The SMILES string of the molecule is O=P([O-])([O-])[O-].[H+].[H+].[H+].[K+].[K+].[NH4+]. The van der Waals surface area contributed by atoms with Crippen LogP contribution in [0.25, 0.3) is 0 Å². The van der Waals surface area contributed by atoms with Gasteiger partial charge in [0.25, 0.3) is 0 Å². The summed E-state index contributed by atoms with van der Waals surface area (Å²) in [4.78, 5) is 25.6. The van der Waals surface area contributed by atoms with Crippen molar-refractivity contribution in [3.8, 4) is 0 Å². The molecule has 0 aliphatic rings. The van der Waals surface area contributed by atoms with Crippen molar-refractivity contribution >= 4 is 7.82 Å². The molecule has 4 N–H and O–H groups in total. The van der Waals surface area contributed by atoms with Crippen LogP contribution in [0.1, 0.15) is 4.28 Å². The van der Waals surface area contributed by atoms with Gasteiger partial charge < -0.3 is 25.4 Å². The van der Waals surface area contributed by atoms with Crippen LogP contribution < -0.4 is 124 Å². The predicted octanol–water partition coefficient (Wildman–Crippen LogP) is -8.10. The monoisotopic (exact) mass is 194 g/mol. The van der Waals surface area contributed by atoms with Crippen LogP contribution in [0, 0.1) is 0 Å². The Balaban J connectivity index is -0.00000000533. The Labute approximate surface area is 137 Å². The Bertz CT molecular complexity index is 69.5. The summed E-state index contributed by atoms with van der Waals surface area (Å²) in [7, 11) is -5.39. The number of hydrogen-bond donors (Lipinski definition) is 1. The number of hydrogen-bond acceptors (Lipinski definition) is 4. The molecule has 0 saturated heterocycles. The molecule has 40 valence electrons. The van der Waals surface area contributed by atoms with Crippen LogP contribution >= 0.6 is 7.82 Å². The van der Waals surface area contributed by atoms with E-state index in [4.69, 9.17) is 19.2 Å². The summed E-state index contributed by atoms with van der Waals surface area (Å²) in [6.07, 6.45) is 0. The van der Waals surface area contributed by atoms with Gasteiger partial charge in [0.05, 0.1) is 0 Å². The minimum Gasteiger partial charge on any atom is -0.822 e. The Morgan fingerprint density at radius 1 is 1.12 bits per heavy atom. The first kappa shape index (κ1) is 22.5. The fraction of sp³-hybridized carbons (Fsp3) is 0. The van der Waals surface area contributed by atoms with Crippen LogP contribution in [0.15, 0.2) is 0 Å². The van der Waals surface area contributed by atoms with Crippen molar-refractivity contribution in [3.63, 3.8) is 0 Å². The molecule has 0 unspecified atom stereocenters. The van der Waals surface area contributed by atoms with Gasteiger partial charge in [-0.3, -0.25) is 0 Å². The fourth-order valence-electron chi connectivity index (χ4n) is 0. The van der Waals surface area contributed by atoms with Crippen LogP contribution in [-0.4, -0.2) is 0 Å². The van der Waals surface area contributed by atoms with Crippen molar-refractivity contribution in [2.24, 2.45) is 0 Å². The zero-order valence-corrected chi connectivity index (χ0v) is 12.2. The molecule has 0 aromatic heterocycles. The summed E-state index contributed by atoms with van der Waals surface area (Å²) in [5, 5.41) is 0. The molecule has 0 spiro atoms. The minimum atomic E-state index is -5.39. The third kappa shape index (κ3) is 58.2. The van der Waals surface area contributed by atoms with E-state index in [1.54, 1.807) is 0 Å². The topological polar surface area (TPSA) is 123 Å². The summed E-state index contributed by atoms with van der Waals surface area (Å²) in [5.74, 6) is 0. The maximum absolute atomic E-state index is 8.55. The van der Waals surface area contributed by atoms with Gasteiger partial charge in [-0.25, -0.2) is 0 Å². The first-order valence-corrected chi connectivity index (χ1v) is 2.19. The van der Waals surface area contributed by atoms with E-state index in [0.29, 0.717) is 0 Å². The minimum absolute atomic E-state index is 0. The molecule has 8 heavy (non-hydrogen) atoms. The van der Waals surface area contributed by atoms with Crippen LogP contribution in [0.5, 0.6) is 0 Å². The molecule has 5 nitrogen and oxygen atoms in total. The molecule has 0 aromatic carbocycles. The van der Waals surface area contributed by atoms with Crippen molar-refractivity contribution in [2.75, 3.05) is 0 Å². The molecule has 0 rings (SSSR count). The molecule has 0 aliphatic heterocycles. The second-order valence-corrected chi connectivity index (χ2v) is 1.34. The molecular formula is H7K2NO4P+3. The van der Waals surface area contributed by atoms with E-state index < -0.39 is 7.82 Å². The third-order valence-electron chi connectivity index (χ3n) is 0. The number of rotatable bonds is 0. The zero-order valence-electron chi connectivity index (χ0n) is 8.08. The molecule has 0 fully saturated rings. The Hall–Kier alpha value is 3.34. The van der Waals surface area contributed by atoms with Crippen molar-refractivity contribution < 1.29 is 126 Å².